The van der Waals surface area contributed by atoms with E-state index < -0.39 is 0 Å². The maximum atomic E-state index is 5.23. The first-order valence-electron chi connectivity index (χ1n) is 6.36. The molecule has 1 aromatic rings. The van der Waals surface area contributed by atoms with Crippen LogP contribution in [0.25, 0.3) is 0 Å². The normalized spacial score (nSPS) is 18.2. The van der Waals surface area contributed by atoms with Crippen molar-refractivity contribution in [2.75, 3.05) is 7.11 Å². The molecule has 1 aliphatic rings. The molecule has 0 aliphatic carbocycles. The summed E-state index contributed by atoms with van der Waals surface area (Å²) in [5.41, 5.74) is 2.49. The maximum absolute atomic E-state index is 5.23. The van der Waals surface area contributed by atoms with Gasteiger partial charge in [-0.3, -0.25) is 9.90 Å². The van der Waals surface area contributed by atoms with Crippen LogP contribution in [0.4, 0.5) is 0 Å². The van der Waals surface area contributed by atoms with Crippen molar-refractivity contribution in [1.29, 1.82) is 0 Å². The quantitative estimate of drug-likeness (QED) is 0.784. The van der Waals surface area contributed by atoms with E-state index in [1.807, 2.05) is 18.9 Å². The molecule has 94 valence electrons. The van der Waals surface area contributed by atoms with Gasteiger partial charge in [0.15, 0.2) is 0 Å². The lowest BCUT2D eigenvalue weighted by Crippen LogP contribution is -2.44. The van der Waals surface area contributed by atoms with Gasteiger partial charge in [0, 0.05) is 12.1 Å². The minimum Gasteiger partial charge on any atom is -0.277 e. The highest BCUT2D eigenvalue weighted by Crippen LogP contribution is 2.30. The molecule has 1 saturated heterocycles. The highest BCUT2D eigenvalue weighted by molar-refractivity contribution is 5.16. The molecular weight excluding hydrogens is 210 g/mol. The number of rotatable bonds is 4. The van der Waals surface area contributed by atoms with E-state index in [1.165, 1.54) is 5.56 Å². The predicted octanol–water partition coefficient (Wildman–Crippen LogP) is 3.79. The van der Waals surface area contributed by atoms with Crippen LogP contribution in [0, 0.1) is 0 Å². The molecule has 1 heterocycles. The molecule has 0 N–H and O–H groups in total. The molecule has 2 heteroatoms. The highest BCUT2D eigenvalue weighted by atomic mass is 16.7. The van der Waals surface area contributed by atoms with Crippen LogP contribution in [-0.4, -0.2) is 18.2 Å². The SMILES string of the molecule is C=C1CC(CCc2ccccc2)N1OC.CC. The van der Waals surface area contributed by atoms with Crippen LogP contribution >= 0.6 is 0 Å². The topological polar surface area (TPSA) is 12.5 Å². The van der Waals surface area contributed by atoms with Crippen molar-refractivity contribution in [2.24, 2.45) is 0 Å². The zero-order chi connectivity index (χ0) is 12.7. The Morgan fingerprint density at radius 3 is 2.47 bits per heavy atom. The van der Waals surface area contributed by atoms with Crippen molar-refractivity contribution in [3.05, 3.63) is 48.2 Å². The third-order valence-electron chi connectivity index (χ3n) is 2.92. The summed E-state index contributed by atoms with van der Waals surface area (Å²) in [6, 6.07) is 11.1. The Morgan fingerprint density at radius 2 is 1.94 bits per heavy atom. The smallest absolute Gasteiger partial charge is 0.0639 e. The van der Waals surface area contributed by atoms with E-state index >= 15 is 0 Å². The van der Waals surface area contributed by atoms with Crippen LogP contribution in [0.2, 0.25) is 0 Å². The van der Waals surface area contributed by atoms with Crippen molar-refractivity contribution < 1.29 is 4.84 Å². The van der Waals surface area contributed by atoms with E-state index in [2.05, 4.69) is 36.9 Å². The third kappa shape index (κ3) is 3.60. The summed E-state index contributed by atoms with van der Waals surface area (Å²) in [6.45, 7) is 7.92. The fourth-order valence-electron chi connectivity index (χ4n) is 2.07. The first-order chi connectivity index (χ1) is 8.31. The summed E-state index contributed by atoms with van der Waals surface area (Å²) in [4.78, 5) is 5.23. The van der Waals surface area contributed by atoms with Gasteiger partial charge in [0.05, 0.1) is 13.2 Å². The molecule has 1 unspecified atom stereocenters. The first kappa shape index (κ1) is 13.8. The largest absolute Gasteiger partial charge is 0.277 e. The van der Waals surface area contributed by atoms with Crippen molar-refractivity contribution in [3.63, 3.8) is 0 Å². The van der Waals surface area contributed by atoms with Gasteiger partial charge in [-0.2, -0.15) is 0 Å². The first-order valence-corrected chi connectivity index (χ1v) is 6.36. The fourth-order valence-corrected chi connectivity index (χ4v) is 2.07. The average molecular weight is 233 g/mol. The lowest BCUT2D eigenvalue weighted by Gasteiger charge is -2.42. The Kier molecular flexibility index (Phi) is 5.78. The number of nitrogens with zero attached hydrogens (tertiary/aromatic N) is 1. The van der Waals surface area contributed by atoms with Gasteiger partial charge in [-0.05, 0) is 18.4 Å². The van der Waals surface area contributed by atoms with E-state index in [4.69, 9.17) is 4.84 Å². The molecule has 1 fully saturated rings. The molecule has 17 heavy (non-hydrogen) atoms. The van der Waals surface area contributed by atoms with Crippen LogP contribution in [0.15, 0.2) is 42.6 Å². The Labute approximate surface area is 105 Å². The number of hydrogen-bond acceptors (Lipinski definition) is 2. The summed E-state index contributed by atoms with van der Waals surface area (Å²) in [6.07, 6.45) is 3.32. The average Bonchev–Trinajstić information content (AvgIpc) is 2.38. The van der Waals surface area contributed by atoms with E-state index in [-0.39, 0.29) is 0 Å². The van der Waals surface area contributed by atoms with Crippen molar-refractivity contribution in [1.82, 2.24) is 5.06 Å². The van der Waals surface area contributed by atoms with Crippen LogP contribution in [-0.2, 0) is 11.3 Å². The van der Waals surface area contributed by atoms with Gasteiger partial charge in [0.2, 0.25) is 0 Å². The lowest BCUT2D eigenvalue weighted by atomic mass is 9.95. The van der Waals surface area contributed by atoms with Crippen molar-refractivity contribution in [2.45, 2.75) is 39.2 Å². The van der Waals surface area contributed by atoms with Crippen LogP contribution in [0.1, 0.15) is 32.3 Å². The lowest BCUT2D eigenvalue weighted by molar-refractivity contribution is -0.174. The summed E-state index contributed by atoms with van der Waals surface area (Å²) in [7, 11) is 1.71. The van der Waals surface area contributed by atoms with Crippen LogP contribution in [0.5, 0.6) is 0 Å². The van der Waals surface area contributed by atoms with Gasteiger partial charge >= 0.3 is 0 Å². The highest BCUT2D eigenvalue weighted by Gasteiger charge is 2.30. The molecular formula is C15H23NO. The molecule has 2 nitrogen and oxygen atoms in total. The van der Waals surface area contributed by atoms with Gasteiger partial charge in [0.1, 0.15) is 0 Å². The number of aryl methyl sites for hydroxylation is 1. The molecule has 2 rings (SSSR count). The zero-order valence-corrected chi connectivity index (χ0v) is 11.1. The van der Waals surface area contributed by atoms with Crippen LogP contribution in [0.3, 0.4) is 0 Å². The maximum Gasteiger partial charge on any atom is 0.0639 e. The summed E-state index contributed by atoms with van der Waals surface area (Å²) < 4.78 is 0. The second-order valence-electron chi connectivity index (χ2n) is 3.96. The van der Waals surface area contributed by atoms with Gasteiger partial charge < -0.3 is 0 Å². The fraction of sp³-hybridized carbons (Fsp3) is 0.467. The van der Waals surface area contributed by atoms with E-state index in [0.29, 0.717) is 6.04 Å². The summed E-state index contributed by atoms with van der Waals surface area (Å²) in [5.74, 6) is 0. The Morgan fingerprint density at radius 1 is 1.29 bits per heavy atom. The Hall–Kier alpha value is -1.28. The van der Waals surface area contributed by atoms with E-state index in [9.17, 15) is 0 Å². The van der Waals surface area contributed by atoms with Crippen molar-refractivity contribution in [3.8, 4) is 0 Å². The van der Waals surface area contributed by atoms with Crippen molar-refractivity contribution >= 4 is 0 Å². The molecule has 1 aliphatic heterocycles. The monoisotopic (exact) mass is 233 g/mol. The molecule has 0 amide bonds. The molecule has 1 atom stereocenters. The number of hydrogen-bond donors (Lipinski definition) is 0. The second kappa shape index (κ2) is 7.13. The van der Waals surface area contributed by atoms with Gasteiger partial charge in [-0.1, -0.05) is 50.8 Å². The molecule has 1 aromatic carbocycles. The minimum atomic E-state index is 0.516. The Bertz CT molecular complexity index is 334. The molecule has 0 saturated carbocycles. The van der Waals surface area contributed by atoms with Gasteiger partial charge in [-0.15, -0.1) is 0 Å². The van der Waals surface area contributed by atoms with E-state index in [0.717, 1.165) is 25.0 Å². The van der Waals surface area contributed by atoms with Crippen LogP contribution < -0.4 is 0 Å². The van der Waals surface area contributed by atoms with Gasteiger partial charge in [-0.25, -0.2) is 0 Å². The molecule has 0 aromatic heterocycles. The van der Waals surface area contributed by atoms with Gasteiger partial charge in [0.25, 0.3) is 0 Å². The predicted molar refractivity (Wildman–Crippen MR) is 72.5 cm³/mol. The molecule has 0 bridgehead atoms. The molecule has 0 spiro atoms. The summed E-state index contributed by atoms with van der Waals surface area (Å²) >= 11 is 0. The molecule has 0 radical (unpaired) electrons. The Balaban J connectivity index is 0.000000686. The zero-order valence-electron chi connectivity index (χ0n) is 11.1. The number of hydroxylamine groups is 2. The standard InChI is InChI=1S/C13H17NO.C2H6/c1-11-10-13(14(11)15-2)9-8-12-6-4-3-5-7-12;1-2/h3-7,13H,1,8-10H2,2H3;1-2H3. The summed E-state index contributed by atoms with van der Waals surface area (Å²) in [5, 5.41) is 1.92. The van der Waals surface area contributed by atoms with E-state index in [1.54, 1.807) is 7.11 Å². The third-order valence-corrected chi connectivity index (χ3v) is 2.92. The minimum absolute atomic E-state index is 0.516. The second-order valence-corrected chi connectivity index (χ2v) is 3.96. The number of benzene rings is 1.